The Balaban J connectivity index is 1.87. The second-order valence-corrected chi connectivity index (χ2v) is 11.4. The number of nitrogens with one attached hydrogen (secondary N) is 1. The quantitative estimate of drug-likeness (QED) is 0.301. The second-order valence-electron chi connectivity index (χ2n) is 11.4. The van der Waals surface area contributed by atoms with Crippen LogP contribution in [0.5, 0.6) is 0 Å². The van der Waals surface area contributed by atoms with E-state index in [4.69, 9.17) is 4.74 Å². The van der Waals surface area contributed by atoms with Crippen LogP contribution in [0.1, 0.15) is 69.2 Å². The van der Waals surface area contributed by atoms with Gasteiger partial charge in [-0.05, 0) is 80.8 Å². The van der Waals surface area contributed by atoms with Crippen molar-refractivity contribution in [3.8, 4) is 5.69 Å². The number of carboxylic acid groups (broad SMARTS) is 1. The zero-order valence-corrected chi connectivity index (χ0v) is 21.9. The number of rotatable bonds is 6. The summed E-state index contributed by atoms with van der Waals surface area (Å²) in [5.41, 5.74) is 2.71. The summed E-state index contributed by atoms with van der Waals surface area (Å²) in [4.78, 5) is 11.9. The number of aromatic amines is 1. The van der Waals surface area contributed by atoms with Gasteiger partial charge in [-0.1, -0.05) is 13.8 Å². The van der Waals surface area contributed by atoms with Crippen molar-refractivity contribution in [2.75, 3.05) is 13.7 Å². The minimum Gasteiger partial charge on any atom is -0.481 e. The molecule has 6 nitrogen and oxygen atoms in total. The van der Waals surface area contributed by atoms with Gasteiger partial charge in [0.2, 0.25) is 0 Å². The van der Waals surface area contributed by atoms with E-state index in [-0.39, 0.29) is 17.6 Å². The lowest BCUT2D eigenvalue weighted by atomic mass is 9.68. The van der Waals surface area contributed by atoms with Gasteiger partial charge in [0.25, 0.3) is 0 Å². The van der Waals surface area contributed by atoms with Crippen LogP contribution in [-0.2, 0) is 14.9 Å². The van der Waals surface area contributed by atoms with Crippen molar-refractivity contribution in [3.05, 3.63) is 58.9 Å². The summed E-state index contributed by atoms with van der Waals surface area (Å²) in [6.07, 6.45) is 3.87. The summed E-state index contributed by atoms with van der Waals surface area (Å²) in [7, 11) is 1.64. The van der Waals surface area contributed by atoms with Gasteiger partial charge in [0.05, 0.1) is 23.7 Å². The summed E-state index contributed by atoms with van der Waals surface area (Å²) in [5, 5.41) is 17.8. The molecule has 2 heterocycles. The van der Waals surface area contributed by atoms with Crippen molar-refractivity contribution in [2.24, 2.45) is 5.41 Å². The summed E-state index contributed by atoms with van der Waals surface area (Å²) >= 11 is 0. The van der Waals surface area contributed by atoms with Gasteiger partial charge in [-0.25, -0.2) is 8.78 Å². The molecule has 5 rings (SSSR count). The minimum atomic E-state index is -0.791. The molecule has 8 heteroatoms. The fourth-order valence-electron chi connectivity index (χ4n) is 6.12. The number of halogens is 2. The highest BCUT2D eigenvalue weighted by Crippen LogP contribution is 2.50. The molecule has 2 aromatic heterocycles. The third-order valence-corrected chi connectivity index (χ3v) is 8.20. The van der Waals surface area contributed by atoms with Gasteiger partial charge in [0, 0.05) is 34.7 Å². The Morgan fingerprint density at radius 1 is 1.27 bits per heavy atom. The molecule has 2 aromatic carbocycles. The van der Waals surface area contributed by atoms with Crippen molar-refractivity contribution >= 4 is 27.8 Å². The summed E-state index contributed by atoms with van der Waals surface area (Å²) in [6.45, 7) is 8.03. The molecule has 4 aromatic rings. The van der Waals surface area contributed by atoms with Crippen LogP contribution < -0.4 is 0 Å². The number of methoxy groups -OCH3 is 1. The summed E-state index contributed by atoms with van der Waals surface area (Å²) < 4.78 is 38.3. The van der Waals surface area contributed by atoms with Crippen LogP contribution in [0.3, 0.4) is 0 Å². The number of hydrogen-bond acceptors (Lipinski definition) is 3. The first-order valence-electron chi connectivity index (χ1n) is 12.7. The fourth-order valence-corrected chi connectivity index (χ4v) is 6.12. The van der Waals surface area contributed by atoms with Gasteiger partial charge in [0.15, 0.2) is 5.82 Å². The number of aryl methyl sites for hydroxylation is 1. The maximum Gasteiger partial charge on any atom is 0.309 e. The van der Waals surface area contributed by atoms with Gasteiger partial charge >= 0.3 is 5.97 Å². The second kappa shape index (κ2) is 8.94. The van der Waals surface area contributed by atoms with Gasteiger partial charge in [0.1, 0.15) is 11.3 Å². The van der Waals surface area contributed by atoms with Crippen LogP contribution in [0, 0.1) is 24.0 Å². The van der Waals surface area contributed by atoms with E-state index in [2.05, 4.69) is 24.0 Å². The highest BCUT2D eigenvalue weighted by atomic mass is 19.1. The number of aliphatic carboxylic acids is 1. The van der Waals surface area contributed by atoms with E-state index < -0.39 is 16.8 Å². The molecular formula is C29H33F2N3O3. The number of carbonyl (C=O) groups is 1. The van der Waals surface area contributed by atoms with Crippen LogP contribution >= 0.6 is 0 Å². The molecule has 0 bridgehead atoms. The smallest absolute Gasteiger partial charge is 0.309 e. The predicted octanol–water partition coefficient (Wildman–Crippen LogP) is 6.77. The standard InChI is InChI=1S/C29H33F2N3O3/c1-16-12-19(6-7-20(16)30)34-21-13-18-14-32-33-25(18)24(31)23(21)22(26(34)28(2,3)15-37-5)17-8-10-29(4,11-9-17)27(35)36/h6-7,12-14,17H,8-11,15H2,1-5H3,(H,32,33)(H,35,36). The SMILES string of the molecule is COCC(C)(C)c1c(C2CCC(C)(C(=O)O)CC2)c2c(F)c3[nH]ncc3cc2n1-c1ccc(F)c(C)c1. The number of fused-ring (bicyclic) bond motifs is 2. The van der Waals surface area contributed by atoms with Crippen LogP contribution in [0.25, 0.3) is 27.5 Å². The molecule has 0 aliphatic heterocycles. The molecule has 0 atom stereocenters. The van der Waals surface area contributed by atoms with Crippen LogP contribution in [0.2, 0.25) is 0 Å². The Morgan fingerprint density at radius 3 is 2.59 bits per heavy atom. The Morgan fingerprint density at radius 2 is 1.97 bits per heavy atom. The van der Waals surface area contributed by atoms with Gasteiger partial charge < -0.3 is 14.4 Å². The summed E-state index contributed by atoms with van der Waals surface area (Å²) in [6, 6.07) is 6.87. The van der Waals surface area contributed by atoms with Crippen molar-refractivity contribution in [2.45, 2.75) is 64.7 Å². The first-order valence-corrected chi connectivity index (χ1v) is 12.7. The van der Waals surface area contributed by atoms with E-state index in [1.807, 2.05) is 10.6 Å². The van der Waals surface area contributed by atoms with Crippen molar-refractivity contribution in [1.29, 1.82) is 0 Å². The molecule has 2 N–H and O–H groups in total. The number of carboxylic acids is 1. The number of ether oxygens (including phenoxy) is 1. The predicted molar refractivity (Wildman–Crippen MR) is 139 cm³/mol. The van der Waals surface area contributed by atoms with Crippen LogP contribution in [-0.4, -0.2) is 39.6 Å². The maximum atomic E-state index is 16.4. The van der Waals surface area contributed by atoms with Gasteiger partial charge in [-0.15, -0.1) is 0 Å². The Labute approximate surface area is 214 Å². The molecule has 0 spiro atoms. The molecule has 0 radical (unpaired) electrons. The maximum absolute atomic E-state index is 16.4. The van der Waals surface area contributed by atoms with E-state index in [1.165, 1.54) is 6.07 Å². The largest absolute Gasteiger partial charge is 0.481 e. The zero-order valence-electron chi connectivity index (χ0n) is 21.9. The van der Waals surface area contributed by atoms with E-state index in [9.17, 15) is 14.3 Å². The summed E-state index contributed by atoms with van der Waals surface area (Å²) in [5.74, 6) is -1.51. The first kappa shape index (κ1) is 25.4. The van der Waals surface area contributed by atoms with Gasteiger partial charge in [-0.3, -0.25) is 9.89 Å². The number of H-pyrrole nitrogens is 1. The van der Waals surface area contributed by atoms with E-state index >= 15 is 4.39 Å². The van der Waals surface area contributed by atoms with Crippen molar-refractivity contribution in [3.63, 3.8) is 0 Å². The lowest BCUT2D eigenvalue weighted by Crippen LogP contribution is -2.33. The number of hydrogen-bond donors (Lipinski definition) is 2. The van der Waals surface area contributed by atoms with Crippen molar-refractivity contribution in [1.82, 2.24) is 14.8 Å². The van der Waals surface area contributed by atoms with E-state index in [0.29, 0.717) is 59.7 Å². The molecule has 1 fully saturated rings. The monoisotopic (exact) mass is 509 g/mol. The molecule has 0 amide bonds. The molecular weight excluding hydrogens is 476 g/mol. The molecule has 37 heavy (non-hydrogen) atoms. The van der Waals surface area contributed by atoms with E-state index in [1.54, 1.807) is 39.3 Å². The van der Waals surface area contributed by atoms with Crippen LogP contribution in [0.15, 0.2) is 30.5 Å². The van der Waals surface area contributed by atoms with Crippen molar-refractivity contribution < 1.29 is 23.4 Å². The molecule has 1 aliphatic rings. The molecule has 0 saturated heterocycles. The lowest BCUT2D eigenvalue weighted by molar-refractivity contribution is -0.149. The highest BCUT2D eigenvalue weighted by molar-refractivity contribution is 6.00. The lowest BCUT2D eigenvalue weighted by Gasteiger charge is -2.36. The Bertz CT molecular complexity index is 1510. The third-order valence-electron chi connectivity index (χ3n) is 8.20. The van der Waals surface area contributed by atoms with Crippen LogP contribution in [0.4, 0.5) is 8.78 Å². The van der Waals surface area contributed by atoms with Gasteiger partial charge in [-0.2, -0.15) is 5.10 Å². The average molecular weight is 510 g/mol. The fraction of sp³-hybridized carbons (Fsp3) is 0.448. The number of aromatic nitrogens is 3. The normalized spacial score (nSPS) is 20.7. The number of nitrogens with zero attached hydrogens (tertiary/aromatic N) is 2. The Hall–Kier alpha value is -3.26. The Kier molecular flexibility index (Phi) is 6.14. The molecule has 1 saturated carbocycles. The average Bonchev–Trinajstić information content (AvgIpc) is 3.45. The highest BCUT2D eigenvalue weighted by Gasteiger charge is 2.42. The molecule has 1 aliphatic carbocycles. The minimum absolute atomic E-state index is 0.0428. The topological polar surface area (TPSA) is 80.1 Å². The third kappa shape index (κ3) is 4.02. The zero-order chi connectivity index (χ0) is 26.7. The molecule has 0 unspecified atom stereocenters. The number of benzene rings is 2. The molecule has 196 valence electrons. The van der Waals surface area contributed by atoms with E-state index in [0.717, 1.165) is 16.9 Å². The first-order chi connectivity index (χ1) is 17.5.